The van der Waals surface area contributed by atoms with Gasteiger partial charge >= 0.3 is 7.12 Å². The van der Waals surface area contributed by atoms with Crippen molar-refractivity contribution >= 4 is 18.7 Å². The number of allylic oxidation sites excluding steroid dienone is 1. The Kier molecular flexibility index (Phi) is 4.78. The van der Waals surface area contributed by atoms with Crippen LogP contribution in [-0.4, -0.2) is 17.2 Å². The molecule has 1 aromatic carbocycles. The molecule has 0 aromatic heterocycles. The molecule has 0 saturated carbocycles. The summed E-state index contributed by atoms with van der Waals surface area (Å²) in [5.41, 5.74) is 2.48. The zero-order chi connectivity index (χ0) is 12.1. The average molecular weight is 218 g/mol. The van der Waals surface area contributed by atoms with Gasteiger partial charge in [-0.05, 0) is 30.3 Å². The first-order valence-corrected chi connectivity index (χ1v) is 5.64. The van der Waals surface area contributed by atoms with E-state index in [1.54, 1.807) is 0 Å². The van der Waals surface area contributed by atoms with Gasteiger partial charge in [0.25, 0.3) is 0 Å². The van der Waals surface area contributed by atoms with Crippen molar-refractivity contribution < 1.29 is 10.0 Å². The van der Waals surface area contributed by atoms with Gasteiger partial charge in [-0.2, -0.15) is 0 Å². The number of hydrogen-bond donors (Lipinski definition) is 2. The van der Waals surface area contributed by atoms with Crippen molar-refractivity contribution in [2.24, 2.45) is 5.92 Å². The topological polar surface area (TPSA) is 40.5 Å². The van der Waals surface area contributed by atoms with Crippen molar-refractivity contribution in [3.8, 4) is 0 Å². The molecule has 2 nitrogen and oxygen atoms in total. The Morgan fingerprint density at radius 1 is 1.31 bits per heavy atom. The fraction of sp³-hybridized carbons (Fsp3) is 0.385. The first-order valence-electron chi connectivity index (χ1n) is 5.64. The molecule has 0 aliphatic rings. The Bertz CT molecular complexity index is 370. The molecular weight excluding hydrogens is 199 g/mol. The predicted octanol–water partition coefficient (Wildman–Crippen LogP) is 1.73. The minimum absolute atomic E-state index is 0.576. The molecule has 0 radical (unpaired) electrons. The Labute approximate surface area is 97.8 Å². The van der Waals surface area contributed by atoms with Crippen LogP contribution >= 0.6 is 0 Å². The van der Waals surface area contributed by atoms with Crippen molar-refractivity contribution in [1.82, 2.24) is 0 Å². The number of benzene rings is 1. The molecule has 0 heterocycles. The van der Waals surface area contributed by atoms with E-state index in [2.05, 4.69) is 19.9 Å². The molecule has 0 aliphatic heterocycles. The second-order valence-corrected chi connectivity index (χ2v) is 4.52. The van der Waals surface area contributed by atoms with Gasteiger partial charge in [-0.15, -0.1) is 0 Å². The summed E-state index contributed by atoms with van der Waals surface area (Å²) in [6.45, 7) is 6.21. The quantitative estimate of drug-likeness (QED) is 0.755. The molecule has 0 spiro atoms. The zero-order valence-corrected chi connectivity index (χ0v) is 10.1. The summed E-state index contributed by atoms with van der Waals surface area (Å²) >= 11 is 0. The summed E-state index contributed by atoms with van der Waals surface area (Å²) in [7, 11) is -1.39. The van der Waals surface area contributed by atoms with E-state index >= 15 is 0 Å². The Morgan fingerprint density at radius 3 is 2.56 bits per heavy atom. The number of hydrogen-bond acceptors (Lipinski definition) is 2. The third kappa shape index (κ3) is 3.84. The summed E-state index contributed by atoms with van der Waals surface area (Å²) in [6.07, 6.45) is 5.17. The lowest BCUT2D eigenvalue weighted by Gasteiger charge is -2.05. The van der Waals surface area contributed by atoms with Crippen LogP contribution in [0.15, 0.2) is 24.3 Å². The molecule has 0 amide bonds. The van der Waals surface area contributed by atoms with Crippen molar-refractivity contribution in [2.45, 2.75) is 27.2 Å². The molecule has 1 aromatic rings. The molecule has 0 unspecified atom stereocenters. The highest BCUT2D eigenvalue weighted by Crippen LogP contribution is 2.07. The summed E-state index contributed by atoms with van der Waals surface area (Å²) in [4.78, 5) is 0. The molecule has 86 valence electrons. The minimum Gasteiger partial charge on any atom is -0.423 e. The molecular formula is C13H19BO2. The van der Waals surface area contributed by atoms with E-state index in [-0.39, 0.29) is 0 Å². The maximum absolute atomic E-state index is 9.17. The molecule has 0 aliphatic carbocycles. The van der Waals surface area contributed by atoms with Gasteiger partial charge in [0, 0.05) is 0 Å². The van der Waals surface area contributed by atoms with E-state index < -0.39 is 7.12 Å². The van der Waals surface area contributed by atoms with Crippen LogP contribution in [0.2, 0.25) is 0 Å². The van der Waals surface area contributed by atoms with Crippen molar-refractivity contribution in [1.29, 1.82) is 0 Å². The van der Waals surface area contributed by atoms with Crippen LogP contribution in [-0.2, 0) is 0 Å². The zero-order valence-electron chi connectivity index (χ0n) is 10.1. The second-order valence-electron chi connectivity index (χ2n) is 4.52. The fourth-order valence-electron chi connectivity index (χ4n) is 1.52. The lowest BCUT2D eigenvalue weighted by atomic mass is 9.76. The molecule has 0 atom stereocenters. The smallest absolute Gasteiger partial charge is 0.423 e. The van der Waals surface area contributed by atoms with E-state index in [9.17, 15) is 10.0 Å². The van der Waals surface area contributed by atoms with E-state index in [1.807, 2.05) is 31.2 Å². The Balaban J connectivity index is 2.82. The first kappa shape index (κ1) is 13.0. The van der Waals surface area contributed by atoms with E-state index in [0.29, 0.717) is 11.4 Å². The van der Waals surface area contributed by atoms with E-state index in [4.69, 9.17) is 0 Å². The van der Waals surface area contributed by atoms with Gasteiger partial charge in [-0.3, -0.25) is 0 Å². The predicted molar refractivity (Wildman–Crippen MR) is 69.5 cm³/mol. The van der Waals surface area contributed by atoms with Gasteiger partial charge in [-0.25, -0.2) is 0 Å². The van der Waals surface area contributed by atoms with Gasteiger partial charge in [0.05, 0.1) is 0 Å². The highest BCUT2D eigenvalue weighted by atomic mass is 16.4. The third-order valence-electron chi connectivity index (χ3n) is 2.50. The van der Waals surface area contributed by atoms with Crippen LogP contribution in [0.5, 0.6) is 0 Å². The molecule has 0 fully saturated rings. The number of rotatable bonds is 4. The van der Waals surface area contributed by atoms with Gasteiger partial charge in [0.1, 0.15) is 0 Å². The SMILES string of the molecule is Cc1ccc(C=CCC(C)C)cc1B(O)O. The van der Waals surface area contributed by atoms with Crippen molar-refractivity contribution in [3.63, 3.8) is 0 Å². The standard InChI is InChI=1S/C13H19BO2/c1-10(2)5-4-6-12-8-7-11(3)13(9-12)14(15)16/h4,6-10,15-16H,5H2,1-3H3. The third-order valence-corrected chi connectivity index (χ3v) is 2.50. The number of aryl methyl sites for hydroxylation is 1. The maximum Gasteiger partial charge on any atom is 0.488 e. The fourth-order valence-corrected chi connectivity index (χ4v) is 1.52. The lowest BCUT2D eigenvalue weighted by molar-refractivity contribution is 0.425. The summed E-state index contributed by atoms with van der Waals surface area (Å²) in [5, 5.41) is 18.3. The molecule has 0 saturated heterocycles. The van der Waals surface area contributed by atoms with Crippen LogP contribution in [0.3, 0.4) is 0 Å². The van der Waals surface area contributed by atoms with Gasteiger partial charge in [0.2, 0.25) is 0 Å². The largest absolute Gasteiger partial charge is 0.488 e. The molecule has 0 bridgehead atoms. The summed E-state index contributed by atoms with van der Waals surface area (Å²) in [5.74, 6) is 0.643. The monoisotopic (exact) mass is 218 g/mol. The Hall–Kier alpha value is -1.06. The average Bonchev–Trinajstić information content (AvgIpc) is 2.19. The van der Waals surface area contributed by atoms with Crippen LogP contribution in [0.4, 0.5) is 0 Å². The van der Waals surface area contributed by atoms with E-state index in [0.717, 1.165) is 17.5 Å². The summed E-state index contributed by atoms with van der Waals surface area (Å²) < 4.78 is 0. The van der Waals surface area contributed by atoms with Crippen molar-refractivity contribution in [2.75, 3.05) is 0 Å². The van der Waals surface area contributed by atoms with Gasteiger partial charge < -0.3 is 10.0 Å². The van der Waals surface area contributed by atoms with Gasteiger partial charge in [0.15, 0.2) is 0 Å². The van der Waals surface area contributed by atoms with Crippen LogP contribution in [0, 0.1) is 12.8 Å². The highest BCUT2D eigenvalue weighted by Gasteiger charge is 2.13. The van der Waals surface area contributed by atoms with Crippen LogP contribution in [0.1, 0.15) is 31.4 Å². The van der Waals surface area contributed by atoms with Crippen molar-refractivity contribution in [3.05, 3.63) is 35.4 Å². The second kappa shape index (κ2) is 5.87. The van der Waals surface area contributed by atoms with Crippen LogP contribution < -0.4 is 5.46 Å². The van der Waals surface area contributed by atoms with E-state index in [1.165, 1.54) is 0 Å². The normalized spacial score (nSPS) is 11.4. The van der Waals surface area contributed by atoms with Crippen LogP contribution in [0.25, 0.3) is 6.08 Å². The minimum atomic E-state index is -1.39. The molecule has 2 N–H and O–H groups in total. The lowest BCUT2D eigenvalue weighted by Crippen LogP contribution is -2.32. The molecule has 3 heteroatoms. The maximum atomic E-state index is 9.17. The van der Waals surface area contributed by atoms with Gasteiger partial charge in [-0.1, -0.05) is 49.8 Å². The Morgan fingerprint density at radius 2 is 2.00 bits per heavy atom. The first-order chi connectivity index (χ1) is 7.50. The molecule has 1 rings (SSSR count). The molecule has 16 heavy (non-hydrogen) atoms. The highest BCUT2D eigenvalue weighted by molar-refractivity contribution is 6.59. The summed E-state index contributed by atoms with van der Waals surface area (Å²) in [6, 6.07) is 5.71.